The van der Waals surface area contributed by atoms with Crippen LogP contribution in [0.4, 0.5) is 0 Å². The highest BCUT2D eigenvalue weighted by Crippen LogP contribution is 2.11. The Morgan fingerprint density at radius 2 is 2.06 bits per heavy atom. The van der Waals surface area contributed by atoms with Gasteiger partial charge in [-0.3, -0.25) is 4.79 Å². The van der Waals surface area contributed by atoms with E-state index in [0.29, 0.717) is 18.8 Å². The second-order valence-electron chi connectivity index (χ2n) is 3.00. The Morgan fingerprint density at radius 3 is 2.62 bits per heavy atom. The van der Waals surface area contributed by atoms with Crippen molar-refractivity contribution in [3.05, 3.63) is 29.8 Å². The quantitative estimate of drug-likeness (QED) is 0.564. The highest BCUT2D eigenvalue weighted by atomic mass is 16.5. The number of benzene rings is 1. The van der Waals surface area contributed by atoms with Crippen molar-refractivity contribution in [2.75, 3.05) is 20.3 Å². The summed E-state index contributed by atoms with van der Waals surface area (Å²) >= 11 is 0. The lowest BCUT2D eigenvalue weighted by molar-refractivity contribution is 0.100. The van der Waals surface area contributed by atoms with Gasteiger partial charge in [0.25, 0.3) is 5.91 Å². The number of carbonyl (C=O) groups is 1. The summed E-state index contributed by atoms with van der Waals surface area (Å²) in [4.78, 5) is 15.3. The Bertz CT molecular complexity index is 357. The van der Waals surface area contributed by atoms with E-state index in [2.05, 4.69) is 4.99 Å². The summed E-state index contributed by atoms with van der Waals surface area (Å²) in [7, 11) is 1.58. The Hall–Kier alpha value is -1.68. The zero-order chi connectivity index (χ0) is 11.8. The summed E-state index contributed by atoms with van der Waals surface area (Å²) in [5, 5.41) is 0. The number of rotatable bonds is 5. The van der Waals surface area contributed by atoms with Gasteiger partial charge >= 0.3 is 0 Å². The first kappa shape index (κ1) is 12.4. The van der Waals surface area contributed by atoms with E-state index < -0.39 is 0 Å². The van der Waals surface area contributed by atoms with Gasteiger partial charge in [-0.05, 0) is 31.2 Å². The van der Waals surface area contributed by atoms with Gasteiger partial charge in [0, 0.05) is 18.4 Å². The van der Waals surface area contributed by atoms with E-state index in [9.17, 15) is 4.79 Å². The monoisotopic (exact) mass is 221 g/mol. The van der Waals surface area contributed by atoms with Crippen LogP contribution in [0.1, 0.15) is 17.3 Å². The van der Waals surface area contributed by atoms with E-state index in [0.717, 1.165) is 5.75 Å². The Balaban J connectivity index is 2.55. The molecule has 0 aliphatic carbocycles. The minimum absolute atomic E-state index is 0.276. The molecule has 4 nitrogen and oxygen atoms in total. The molecular weight excluding hydrogens is 206 g/mol. The van der Waals surface area contributed by atoms with E-state index >= 15 is 0 Å². The number of carbonyl (C=O) groups excluding carboxylic acids is 1. The average Bonchev–Trinajstić information content (AvgIpc) is 2.34. The molecule has 1 rings (SSSR count). The molecule has 1 aromatic rings. The normalized spacial score (nSPS) is 10.6. The van der Waals surface area contributed by atoms with Crippen LogP contribution in [0.15, 0.2) is 29.3 Å². The molecule has 0 aromatic heterocycles. The summed E-state index contributed by atoms with van der Waals surface area (Å²) in [5.74, 6) is 0.442. The Kier molecular flexibility index (Phi) is 5.22. The number of aliphatic imine (C=N–C) groups is 1. The lowest BCUT2D eigenvalue weighted by Gasteiger charge is -1.99. The van der Waals surface area contributed by atoms with Crippen LogP contribution >= 0.6 is 0 Å². The van der Waals surface area contributed by atoms with Crippen molar-refractivity contribution in [3.8, 4) is 5.75 Å². The topological polar surface area (TPSA) is 47.9 Å². The molecular formula is C12H15NO3. The molecule has 0 atom stereocenters. The summed E-state index contributed by atoms with van der Waals surface area (Å²) < 4.78 is 10.0. The molecule has 0 saturated heterocycles. The maximum absolute atomic E-state index is 11.5. The smallest absolute Gasteiger partial charge is 0.276 e. The predicted molar refractivity (Wildman–Crippen MR) is 62.3 cm³/mol. The zero-order valence-corrected chi connectivity index (χ0v) is 9.47. The van der Waals surface area contributed by atoms with Gasteiger partial charge in [-0.25, -0.2) is 4.99 Å². The van der Waals surface area contributed by atoms with Crippen molar-refractivity contribution in [2.24, 2.45) is 4.99 Å². The summed E-state index contributed by atoms with van der Waals surface area (Å²) in [6.45, 7) is 2.86. The lowest BCUT2D eigenvalue weighted by atomic mass is 10.2. The van der Waals surface area contributed by atoms with Crippen molar-refractivity contribution in [2.45, 2.75) is 6.92 Å². The first-order valence-corrected chi connectivity index (χ1v) is 5.06. The Morgan fingerprint density at radius 1 is 1.38 bits per heavy atom. The SMILES string of the molecule is CCOCC=NC(=O)c1ccc(OC)cc1. The van der Waals surface area contributed by atoms with Crippen LogP contribution in [0, 0.1) is 0 Å². The molecule has 0 fully saturated rings. The lowest BCUT2D eigenvalue weighted by Crippen LogP contribution is -1.99. The van der Waals surface area contributed by atoms with Crippen LogP contribution in [-0.4, -0.2) is 32.4 Å². The summed E-state index contributed by atoms with van der Waals surface area (Å²) in [6.07, 6.45) is 1.47. The molecule has 1 aromatic carbocycles. The van der Waals surface area contributed by atoms with Gasteiger partial charge in [-0.2, -0.15) is 0 Å². The Labute approximate surface area is 94.9 Å². The molecule has 0 spiro atoms. The third kappa shape index (κ3) is 3.82. The van der Waals surface area contributed by atoms with Crippen molar-refractivity contribution < 1.29 is 14.3 Å². The third-order valence-electron chi connectivity index (χ3n) is 1.94. The predicted octanol–water partition coefficient (Wildman–Crippen LogP) is 1.94. The molecule has 0 unspecified atom stereocenters. The van der Waals surface area contributed by atoms with Crippen LogP contribution < -0.4 is 4.74 Å². The number of ether oxygens (including phenoxy) is 2. The summed E-state index contributed by atoms with van der Waals surface area (Å²) in [5.41, 5.74) is 0.536. The van der Waals surface area contributed by atoms with E-state index in [1.54, 1.807) is 31.4 Å². The van der Waals surface area contributed by atoms with Gasteiger partial charge in [0.05, 0.1) is 13.7 Å². The summed E-state index contributed by atoms with van der Waals surface area (Å²) in [6, 6.07) is 6.81. The molecule has 0 bridgehead atoms. The van der Waals surface area contributed by atoms with Gasteiger partial charge in [-0.15, -0.1) is 0 Å². The molecule has 0 aliphatic rings. The van der Waals surface area contributed by atoms with E-state index in [1.165, 1.54) is 6.21 Å². The van der Waals surface area contributed by atoms with Crippen molar-refractivity contribution in [3.63, 3.8) is 0 Å². The number of methoxy groups -OCH3 is 1. The standard InChI is InChI=1S/C12H15NO3/c1-3-16-9-8-13-12(14)10-4-6-11(15-2)7-5-10/h4-8H,3,9H2,1-2H3. The first-order chi connectivity index (χ1) is 7.77. The second-order valence-corrected chi connectivity index (χ2v) is 3.00. The highest BCUT2D eigenvalue weighted by molar-refractivity contribution is 5.99. The van der Waals surface area contributed by atoms with Crippen LogP contribution in [-0.2, 0) is 4.74 Å². The van der Waals surface area contributed by atoms with Crippen LogP contribution in [0.25, 0.3) is 0 Å². The first-order valence-electron chi connectivity index (χ1n) is 5.06. The molecule has 0 aliphatic heterocycles. The fourth-order valence-electron chi connectivity index (χ4n) is 1.10. The fourth-order valence-corrected chi connectivity index (χ4v) is 1.10. The van der Waals surface area contributed by atoms with Gasteiger partial charge in [0.2, 0.25) is 0 Å². The molecule has 16 heavy (non-hydrogen) atoms. The van der Waals surface area contributed by atoms with Crippen molar-refractivity contribution in [1.82, 2.24) is 0 Å². The zero-order valence-electron chi connectivity index (χ0n) is 9.47. The maximum atomic E-state index is 11.5. The average molecular weight is 221 g/mol. The molecule has 1 amide bonds. The fraction of sp³-hybridized carbons (Fsp3) is 0.333. The molecule has 0 saturated carbocycles. The van der Waals surface area contributed by atoms with Crippen LogP contribution in [0.2, 0.25) is 0 Å². The van der Waals surface area contributed by atoms with Crippen LogP contribution in [0.5, 0.6) is 5.75 Å². The number of hydrogen-bond acceptors (Lipinski definition) is 3. The minimum Gasteiger partial charge on any atom is -0.497 e. The second kappa shape index (κ2) is 6.74. The number of amides is 1. The number of hydrogen-bond donors (Lipinski definition) is 0. The van der Waals surface area contributed by atoms with Gasteiger partial charge in [0.1, 0.15) is 5.75 Å². The van der Waals surface area contributed by atoms with Gasteiger partial charge < -0.3 is 9.47 Å². The van der Waals surface area contributed by atoms with E-state index in [1.807, 2.05) is 6.92 Å². The van der Waals surface area contributed by atoms with E-state index in [-0.39, 0.29) is 5.91 Å². The molecule has 4 heteroatoms. The molecule has 0 heterocycles. The highest BCUT2D eigenvalue weighted by Gasteiger charge is 2.02. The van der Waals surface area contributed by atoms with E-state index in [4.69, 9.17) is 9.47 Å². The van der Waals surface area contributed by atoms with Gasteiger partial charge in [-0.1, -0.05) is 0 Å². The maximum Gasteiger partial charge on any atom is 0.276 e. The third-order valence-corrected chi connectivity index (χ3v) is 1.94. The largest absolute Gasteiger partial charge is 0.497 e. The van der Waals surface area contributed by atoms with Gasteiger partial charge in [0.15, 0.2) is 0 Å². The van der Waals surface area contributed by atoms with Crippen molar-refractivity contribution in [1.29, 1.82) is 0 Å². The minimum atomic E-state index is -0.276. The molecule has 0 N–H and O–H groups in total. The van der Waals surface area contributed by atoms with Crippen molar-refractivity contribution >= 4 is 12.1 Å². The molecule has 0 radical (unpaired) electrons. The molecule has 86 valence electrons. The number of nitrogens with zero attached hydrogens (tertiary/aromatic N) is 1. The van der Waals surface area contributed by atoms with Crippen LogP contribution in [0.3, 0.4) is 0 Å².